The van der Waals surface area contributed by atoms with E-state index in [0.717, 1.165) is 43.9 Å². The van der Waals surface area contributed by atoms with E-state index in [-0.39, 0.29) is 5.91 Å². The second-order valence-electron chi connectivity index (χ2n) is 7.88. The molecular weight excluding hydrogens is 470 g/mol. The van der Waals surface area contributed by atoms with Crippen molar-refractivity contribution in [3.8, 4) is 5.69 Å². The summed E-state index contributed by atoms with van der Waals surface area (Å²) in [7, 11) is 0. The normalized spacial score (nSPS) is 16.4. The molecule has 3 aromatic rings. The van der Waals surface area contributed by atoms with Crippen molar-refractivity contribution in [2.45, 2.75) is 34.6 Å². The average Bonchev–Trinajstić information content (AvgIpc) is 3.18. The van der Waals surface area contributed by atoms with Crippen LogP contribution in [0.2, 0.25) is 0 Å². The van der Waals surface area contributed by atoms with Crippen molar-refractivity contribution in [1.29, 1.82) is 0 Å². The molecule has 1 amide bonds. The molecule has 1 saturated heterocycles. The van der Waals surface area contributed by atoms with Gasteiger partial charge in [-0.05, 0) is 105 Å². The Morgan fingerprint density at radius 1 is 1.03 bits per heavy atom. The lowest BCUT2D eigenvalue weighted by atomic mass is 10.1. The first-order chi connectivity index (χ1) is 14.7. The van der Waals surface area contributed by atoms with Crippen LogP contribution in [0.5, 0.6) is 0 Å². The van der Waals surface area contributed by atoms with E-state index in [0.29, 0.717) is 10.1 Å². The Hall–Kier alpha value is -2.57. The Morgan fingerprint density at radius 2 is 1.74 bits per heavy atom. The quantitative estimate of drug-likeness (QED) is 0.413. The predicted molar refractivity (Wildman–Crippen MR) is 134 cm³/mol. The first-order valence-electron chi connectivity index (χ1n) is 10.1. The third-order valence-electron chi connectivity index (χ3n) is 5.32. The highest BCUT2D eigenvalue weighted by atomic mass is 79.9. The molecule has 1 aromatic heterocycles. The number of amidine groups is 1. The summed E-state index contributed by atoms with van der Waals surface area (Å²) < 4.78 is 3.31. The number of hydrogen-bond donors (Lipinski definition) is 1. The highest BCUT2D eigenvalue weighted by Gasteiger charge is 2.24. The maximum atomic E-state index is 12.6. The lowest BCUT2D eigenvalue weighted by Gasteiger charge is -2.10. The number of hydrogen-bond acceptors (Lipinski definition) is 3. The van der Waals surface area contributed by atoms with Crippen LogP contribution in [-0.4, -0.2) is 15.6 Å². The van der Waals surface area contributed by atoms with Crippen LogP contribution in [0.3, 0.4) is 0 Å². The van der Waals surface area contributed by atoms with Crippen LogP contribution < -0.4 is 5.32 Å². The number of rotatable bonds is 3. The van der Waals surface area contributed by atoms with Crippen LogP contribution in [0.4, 0.5) is 5.69 Å². The van der Waals surface area contributed by atoms with Gasteiger partial charge in [0.2, 0.25) is 0 Å². The minimum Gasteiger partial charge on any atom is -0.318 e. The number of halogens is 1. The second-order valence-corrected chi connectivity index (χ2v) is 9.70. The molecule has 0 spiro atoms. The van der Waals surface area contributed by atoms with Gasteiger partial charge in [-0.2, -0.15) is 0 Å². The molecule has 1 fully saturated rings. The Labute approximate surface area is 195 Å². The van der Waals surface area contributed by atoms with Crippen LogP contribution in [0.15, 0.2) is 56.8 Å². The van der Waals surface area contributed by atoms with Crippen molar-refractivity contribution >= 4 is 50.5 Å². The standard InChI is InChI=1S/C25H24BrN3OS/c1-14-7-6-8-21(9-14)29-17(4)12-19(18(29)5)13-22-24(30)28-25(31-22)27-20-10-15(2)23(26)16(3)11-20/h6-13H,1-5H3,(H,27,28,30)/b22-13-. The third-order valence-corrected chi connectivity index (χ3v) is 7.48. The molecule has 0 aliphatic carbocycles. The summed E-state index contributed by atoms with van der Waals surface area (Å²) in [4.78, 5) is 17.9. The number of thioether (sulfide) groups is 1. The van der Waals surface area contributed by atoms with Crippen molar-refractivity contribution in [2.24, 2.45) is 4.99 Å². The summed E-state index contributed by atoms with van der Waals surface area (Å²) in [5.74, 6) is -0.116. The van der Waals surface area contributed by atoms with Gasteiger partial charge in [-0.3, -0.25) is 4.79 Å². The molecule has 1 aliphatic heterocycles. The first-order valence-corrected chi connectivity index (χ1v) is 11.7. The largest absolute Gasteiger partial charge is 0.318 e. The van der Waals surface area contributed by atoms with Gasteiger partial charge in [0, 0.05) is 21.5 Å². The molecule has 6 heteroatoms. The van der Waals surface area contributed by atoms with Gasteiger partial charge >= 0.3 is 0 Å². The topological polar surface area (TPSA) is 46.4 Å². The highest BCUT2D eigenvalue weighted by molar-refractivity contribution is 9.10. The molecule has 4 rings (SSSR count). The monoisotopic (exact) mass is 493 g/mol. The smallest absolute Gasteiger partial charge is 0.264 e. The van der Waals surface area contributed by atoms with Gasteiger partial charge in [0.25, 0.3) is 5.91 Å². The van der Waals surface area contributed by atoms with E-state index in [4.69, 9.17) is 0 Å². The van der Waals surface area contributed by atoms with Crippen LogP contribution >= 0.6 is 27.7 Å². The lowest BCUT2D eigenvalue weighted by Crippen LogP contribution is -2.19. The summed E-state index contributed by atoms with van der Waals surface area (Å²) >= 11 is 4.96. The van der Waals surface area contributed by atoms with E-state index in [1.807, 2.05) is 32.1 Å². The fraction of sp³-hybridized carbons (Fsp3) is 0.200. The summed E-state index contributed by atoms with van der Waals surface area (Å²) in [6.07, 6.45) is 1.95. The molecule has 0 bridgehead atoms. The van der Waals surface area contributed by atoms with Crippen LogP contribution in [0.25, 0.3) is 11.8 Å². The van der Waals surface area contributed by atoms with Crippen molar-refractivity contribution < 1.29 is 4.79 Å². The summed E-state index contributed by atoms with van der Waals surface area (Å²) in [6.45, 7) is 10.3. The fourth-order valence-corrected chi connectivity index (χ4v) is 4.89. The van der Waals surface area contributed by atoms with Crippen molar-refractivity contribution in [3.63, 3.8) is 0 Å². The zero-order valence-corrected chi connectivity index (χ0v) is 20.6. The van der Waals surface area contributed by atoms with E-state index in [1.54, 1.807) is 0 Å². The molecule has 1 aliphatic rings. The summed E-state index contributed by atoms with van der Waals surface area (Å²) in [6, 6.07) is 14.6. The molecule has 1 N–H and O–H groups in total. The number of nitrogens with zero attached hydrogens (tertiary/aromatic N) is 2. The molecular formula is C25H24BrN3OS. The van der Waals surface area contributed by atoms with E-state index < -0.39 is 0 Å². The Balaban J connectivity index is 1.65. The minimum atomic E-state index is -0.116. The van der Waals surface area contributed by atoms with Crippen molar-refractivity contribution in [2.75, 3.05) is 0 Å². The molecule has 0 atom stereocenters. The summed E-state index contributed by atoms with van der Waals surface area (Å²) in [5.41, 5.74) is 8.69. The number of aromatic nitrogens is 1. The highest BCUT2D eigenvalue weighted by Crippen LogP contribution is 2.32. The Kier molecular flexibility index (Phi) is 5.95. The predicted octanol–water partition coefficient (Wildman–Crippen LogP) is 6.67. The number of carbonyl (C=O) groups excluding carboxylic acids is 1. The van der Waals surface area contributed by atoms with Gasteiger partial charge in [-0.1, -0.05) is 28.1 Å². The van der Waals surface area contributed by atoms with E-state index in [1.165, 1.54) is 17.3 Å². The number of carbonyl (C=O) groups is 1. The maximum absolute atomic E-state index is 12.6. The molecule has 0 unspecified atom stereocenters. The average molecular weight is 494 g/mol. The lowest BCUT2D eigenvalue weighted by molar-refractivity contribution is -0.115. The number of aliphatic imine (C=N–C) groups is 1. The molecule has 31 heavy (non-hydrogen) atoms. The Bertz CT molecular complexity index is 1250. The molecule has 4 nitrogen and oxygen atoms in total. The van der Waals surface area contributed by atoms with Crippen molar-refractivity contribution in [3.05, 3.63) is 85.5 Å². The third kappa shape index (κ3) is 4.41. The molecule has 158 valence electrons. The Morgan fingerprint density at radius 3 is 2.42 bits per heavy atom. The van der Waals surface area contributed by atoms with Crippen LogP contribution in [-0.2, 0) is 4.79 Å². The van der Waals surface area contributed by atoms with Gasteiger partial charge in [0.05, 0.1) is 10.6 Å². The molecule has 0 radical (unpaired) electrons. The van der Waals surface area contributed by atoms with E-state index in [2.05, 4.69) is 81.9 Å². The zero-order chi connectivity index (χ0) is 22.3. The number of amides is 1. The minimum absolute atomic E-state index is 0.116. The number of benzene rings is 2. The second kappa shape index (κ2) is 8.52. The number of aryl methyl sites for hydroxylation is 4. The van der Waals surface area contributed by atoms with E-state index in [9.17, 15) is 4.79 Å². The molecule has 0 saturated carbocycles. The van der Waals surface area contributed by atoms with Crippen LogP contribution in [0.1, 0.15) is 33.6 Å². The van der Waals surface area contributed by atoms with Crippen molar-refractivity contribution in [1.82, 2.24) is 9.88 Å². The van der Waals surface area contributed by atoms with Gasteiger partial charge in [0.1, 0.15) is 0 Å². The van der Waals surface area contributed by atoms with E-state index >= 15 is 0 Å². The maximum Gasteiger partial charge on any atom is 0.264 e. The number of nitrogens with one attached hydrogen (secondary N) is 1. The van der Waals surface area contributed by atoms with Crippen LogP contribution in [0, 0.1) is 34.6 Å². The van der Waals surface area contributed by atoms with Gasteiger partial charge in [-0.25, -0.2) is 4.99 Å². The molecule has 2 aromatic carbocycles. The zero-order valence-electron chi connectivity index (χ0n) is 18.2. The van der Waals surface area contributed by atoms with Gasteiger partial charge in [0.15, 0.2) is 5.17 Å². The summed E-state index contributed by atoms with van der Waals surface area (Å²) in [5, 5.41) is 3.50. The SMILES string of the molecule is Cc1cccc(-n2c(C)cc(/C=C3\SC(=Nc4cc(C)c(Br)c(C)c4)NC3=O)c2C)c1. The van der Waals surface area contributed by atoms with Gasteiger partial charge in [-0.15, -0.1) is 0 Å². The fourth-order valence-electron chi connectivity index (χ4n) is 3.82. The van der Waals surface area contributed by atoms with Gasteiger partial charge < -0.3 is 9.88 Å². The molecule has 2 heterocycles. The first kappa shape index (κ1) is 21.7.